The lowest BCUT2D eigenvalue weighted by atomic mass is 10.1. The van der Waals surface area contributed by atoms with E-state index in [1.165, 1.54) is 13.2 Å². The van der Waals surface area contributed by atoms with Gasteiger partial charge in [0.25, 0.3) is 0 Å². The molecule has 2 N–H and O–H groups in total. The summed E-state index contributed by atoms with van der Waals surface area (Å²) in [5.74, 6) is -0.734. The maximum absolute atomic E-state index is 15.0. The zero-order valence-corrected chi connectivity index (χ0v) is 15.7. The minimum absolute atomic E-state index is 0.0505. The van der Waals surface area contributed by atoms with Gasteiger partial charge < -0.3 is 24.4 Å². The number of anilines is 1. The van der Waals surface area contributed by atoms with Crippen LogP contribution in [0.1, 0.15) is 23.8 Å². The van der Waals surface area contributed by atoms with Gasteiger partial charge in [0.2, 0.25) is 5.43 Å². The number of hydrogen-bond acceptors (Lipinski definition) is 7. The second kappa shape index (κ2) is 5.83. The third kappa shape index (κ3) is 2.19. The number of β-amino-alcohol motifs (C(OH)–C–C–N with tert-alkyl or cyclic N) is 1. The Kier molecular flexibility index (Phi) is 3.60. The van der Waals surface area contributed by atoms with Gasteiger partial charge in [-0.05, 0) is 18.9 Å². The average molecular weight is 401 g/mol. The van der Waals surface area contributed by atoms with Crippen molar-refractivity contribution in [3.05, 3.63) is 27.0 Å². The number of aromatic nitrogens is 1. The minimum Gasteiger partial charge on any atom is -0.505 e. The van der Waals surface area contributed by atoms with E-state index < -0.39 is 17.3 Å². The quantitative estimate of drug-likeness (QED) is 0.700. The van der Waals surface area contributed by atoms with E-state index in [0.29, 0.717) is 10.3 Å². The molecule has 0 unspecified atom stereocenters. The number of fused-ring (bicyclic) bond motifs is 2. The van der Waals surface area contributed by atoms with Crippen molar-refractivity contribution in [1.29, 1.82) is 5.26 Å². The van der Waals surface area contributed by atoms with Gasteiger partial charge in [0.15, 0.2) is 17.3 Å². The average Bonchev–Trinajstić information content (AvgIpc) is 3.42. The zero-order valence-electron chi connectivity index (χ0n) is 14.9. The first-order chi connectivity index (χ1) is 13.5. The van der Waals surface area contributed by atoms with E-state index in [2.05, 4.69) is 0 Å². The number of halogens is 1. The summed E-state index contributed by atoms with van der Waals surface area (Å²) in [5, 5.41) is 29.5. The molecule has 0 spiro atoms. The van der Waals surface area contributed by atoms with Crippen LogP contribution in [0.2, 0.25) is 0 Å². The Morgan fingerprint density at radius 1 is 1.39 bits per heavy atom. The Hall–Kier alpha value is -2.83. The summed E-state index contributed by atoms with van der Waals surface area (Å²) in [6.45, 7) is 0.570. The maximum atomic E-state index is 15.0. The van der Waals surface area contributed by atoms with Gasteiger partial charge >= 0.3 is 0 Å². The van der Waals surface area contributed by atoms with Crippen molar-refractivity contribution in [3.63, 3.8) is 0 Å². The molecule has 0 bridgehead atoms. The molecule has 144 valence electrons. The fourth-order valence-electron chi connectivity index (χ4n) is 3.92. The van der Waals surface area contributed by atoms with Gasteiger partial charge in [0, 0.05) is 19.1 Å². The molecular weight excluding hydrogens is 385 g/mol. The first kappa shape index (κ1) is 17.3. The van der Waals surface area contributed by atoms with Crippen LogP contribution < -0.4 is 15.1 Å². The number of nitrogens with zero attached hydrogens (tertiary/aromatic N) is 3. The van der Waals surface area contributed by atoms with E-state index in [-0.39, 0.29) is 52.0 Å². The van der Waals surface area contributed by atoms with E-state index in [4.69, 9.17) is 4.74 Å². The Morgan fingerprint density at radius 2 is 2.11 bits per heavy atom. The summed E-state index contributed by atoms with van der Waals surface area (Å²) in [7, 11) is 1.42. The van der Waals surface area contributed by atoms with Crippen molar-refractivity contribution in [2.24, 2.45) is 0 Å². The highest BCUT2D eigenvalue weighted by atomic mass is 32.1. The number of pyridine rings is 1. The number of methoxy groups -OCH3 is 1. The summed E-state index contributed by atoms with van der Waals surface area (Å²) in [4.78, 5) is 15.3. The highest BCUT2D eigenvalue weighted by molar-refractivity contribution is 7.19. The Morgan fingerprint density at radius 3 is 2.68 bits per heavy atom. The second-order valence-electron chi connectivity index (χ2n) is 7.20. The molecule has 1 saturated carbocycles. The SMILES string of the molecule is COc1c(N2CC(O)C2)c(F)cc2c(=O)c3c(O)c(C#N)sc3n(C3CC3)c12. The van der Waals surface area contributed by atoms with Crippen molar-refractivity contribution >= 4 is 38.1 Å². The van der Waals surface area contributed by atoms with E-state index in [9.17, 15) is 20.3 Å². The van der Waals surface area contributed by atoms with E-state index >= 15 is 4.39 Å². The molecule has 0 atom stereocenters. The van der Waals surface area contributed by atoms with Gasteiger partial charge in [-0.2, -0.15) is 5.26 Å². The lowest BCUT2D eigenvalue weighted by Crippen LogP contribution is -2.51. The molecule has 2 fully saturated rings. The van der Waals surface area contributed by atoms with Gasteiger partial charge in [-0.25, -0.2) is 4.39 Å². The molecule has 1 aliphatic heterocycles. The largest absolute Gasteiger partial charge is 0.505 e. The van der Waals surface area contributed by atoms with Crippen LogP contribution in [-0.4, -0.2) is 41.1 Å². The van der Waals surface area contributed by atoms with Gasteiger partial charge in [-0.1, -0.05) is 0 Å². The Labute approximate surface area is 162 Å². The predicted octanol–water partition coefficient (Wildman–Crippen LogP) is 2.46. The number of aliphatic hydroxyl groups excluding tert-OH is 1. The molecule has 9 heteroatoms. The van der Waals surface area contributed by atoms with E-state index in [1.54, 1.807) is 4.90 Å². The van der Waals surface area contributed by atoms with Crippen molar-refractivity contribution in [2.45, 2.75) is 25.0 Å². The van der Waals surface area contributed by atoms with Crippen LogP contribution in [0.5, 0.6) is 11.5 Å². The number of aliphatic hydroxyl groups is 1. The molecular formula is C19H16FN3O4S. The highest BCUT2D eigenvalue weighted by Crippen LogP contribution is 2.48. The van der Waals surface area contributed by atoms with E-state index in [1.807, 2.05) is 10.6 Å². The Bertz CT molecular complexity index is 1250. The molecule has 1 aliphatic carbocycles. The number of benzene rings is 1. The first-order valence-electron chi connectivity index (χ1n) is 8.89. The first-order valence-corrected chi connectivity index (χ1v) is 9.71. The van der Waals surface area contributed by atoms with Gasteiger partial charge in [-0.15, -0.1) is 11.3 Å². The predicted molar refractivity (Wildman–Crippen MR) is 103 cm³/mol. The minimum atomic E-state index is -0.620. The molecule has 5 rings (SSSR count). The van der Waals surface area contributed by atoms with Crippen molar-refractivity contribution in [2.75, 3.05) is 25.1 Å². The van der Waals surface area contributed by atoms with Crippen LogP contribution in [0.3, 0.4) is 0 Å². The van der Waals surface area contributed by atoms with Gasteiger partial charge in [0.1, 0.15) is 26.9 Å². The molecule has 2 aliphatic rings. The monoisotopic (exact) mass is 401 g/mol. The van der Waals surface area contributed by atoms with Crippen LogP contribution in [0.25, 0.3) is 21.1 Å². The third-order valence-corrected chi connectivity index (χ3v) is 6.46. The van der Waals surface area contributed by atoms with Crippen LogP contribution in [-0.2, 0) is 0 Å². The van der Waals surface area contributed by atoms with Crippen LogP contribution in [0.15, 0.2) is 10.9 Å². The molecule has 0 radical (unpaired) electrons. The van der Waals surface area contributed by atoms with Gasteiger partial charge in [-0.3, -0.25) is 4.79 Å². The fraction of sp³-hybridized carbons (Fsp3) is 0.368. The van der Waals surface area contributed by atoms with E-state index in [0.717, 1.165) is 24.2 Å². The third-order valence-electron chi connectivity index (χ3n) is 5.37. The molecule has 28 heavy (non-hydrogen) atoms. The fourth-order valence-corrected chi connectivity index (χ4v) is 4.99. The number of ether oxygens (including phenoxy) is 1. The normalized spacial score (nSPS) is 17.1. The lowest BCUT2D eigenvalue weighted by Gasteiger charge is -2.39. The molecule has 0 amide bonds. The number of nitriles is 1. The zero-order chi connectivity index (χ0) is 19.7. The molecule has 3 aromatic rings. The number of aromatic hydroxyl groups is 1. The standard InChI is InChI=1S/C19H16FN3O4S/c1-27-18-14-10(4-11(20)15(18)22-6-9(24)7-22)16(25)13-17(26)12(5-21)28-19(13)23(14)8-2-3-8/h4,8-9,24,26H,2-3,6-7H2,1H3. The highest BCUT2D eigenvalue weighted by Gasteiger charge is 2.35. The molecule has 3 heterocycles. The topological polar surface area (TPSA) is 98.7 Å². The number of hydrogen-bond donors (Lipinski definition) is 2. The van der Waals surface area contributed by atoms with Crippen molar-refractivity contribution < 1.29 is 19.3 Å². The molecule has 1 saturated heterocycles. The summed E-state index contributed by atoms with van der Waals surface area (Å²) in [6, 6.07) is 3.18. The maximum Gasteiger partial charge on any atom is 0.202 e. The van der Waals surface area contributed by atoms with Crippen LogP contribution >= 0.6 is 11.3 Å². The Balaban J connectivity index is 1.96. The summed E-state index contributed by atoms with van der Waals surface area (Å²) in [6.07, 6.45) is 1.23. The van der Waals surface area contributed by atoms with Crippen molar-refractivity contribution in [1.82, 2.24) is 4.57 Å². The van der Waals surface area contributed by atoms with Crippen LogP contribution in [0, 0.1) is 17.1 Å². The van der Waals surface area contributed by atoms with Crippen LogP contribution in [0.4, 0.5) is 10.1 Å². The number of thiophene rings is 1. The summed E-state index contributed by atoms with van der Waals surface area (Å²) in [5.41, 5.74) is 0.158. The summed E-state index contributed by atoms with van der Waals surface area (Å²) < 4.78 is 22.5. The summed E-state index contributed by atoms with van der Waals surface area (Å²) >= 11 is 1.05. The number of rotatable bonds is 3. The van der Waals surface area contributed by atoms with Crippen molar-refractivity contribution in [3.8, 4) is 17.6 Å². The smallest absolute Gasteiger partial charge is 0.202 e. The molecule has 7 nitrogen and oxygen atoms in total. The lowest BCUT2D eigenvalue weighted by molar-refractivity contribution is 0.141. The second-order valence-corrected chi connectivity index (χ2v) is 8.20. The van der Waals surface area contributed by atoms with Gasteiger partial charge in [0.05, 0.1) is 24.1 Å². The molecule has 1 aromatic carbocycles. The molecule has 2 aromatic heterocycles.